The lowest BCUT2D eigenvalue weighted by Crippen LogP contribution is -2.00. The Hall–Kier alpha value is -1.48. The van der Waals surface area contributed by atoms with Crippen LogP contribution < -0.4 is 4.74 Å². The van der Waals surface area contributed by atoms with E-state index in [1.54, 1.807) is 0 Å². The quantitative estimate of drug-likeness (QED) is 0.736. The molecule has 0 radical (unpaired) electrons. The lowest BCUT2D eigenvalue weighted by Gasteiger charge is -2.03. The lowest BCUT2D eigenvalue weighted by atomic mass is 10.2. The zero-order valence-corrected chi connectivity index (χ0v) is 7.86. The minimum atomic E-state index is -0.0597. The van der Waals surface area contributed by atoms with Crippen LogP contribution in [0.25, 0.3) is 10.9 Å². The maximum absolute atomic E-state index is 5.67. The van der Waals surface area contributed by atoms with E-state index < -0.39 is 0 Å². The average Bonchev–Trinajstić information content (AvgIpc) is 2.69. The summed E-state index contributed by atoms with van der Waals surface area (Å²) in [7, 11) is 0. The Bertz CT molecular complexity index is 463. The maximum atomic E-state index is 5.67. The van der Waals surface area contributed by atoms with Gasteiger partial charge >= 0.3 is 0 Å². The van der Waals surface area contributed by atoms with E-state index in [2.05, 4.69) is 4.98 Å². The first-order valence-electron chi connectivity index (χ1n) is 4.73. The summed E-state index contributed by atoms with van der Waals surface area (Å²) in [5.74, 6) is 0.887. The van der Waals surface area contributed by atoms with Crippen molar-refractivity contribution < 1.29 is 9.47 Å². The molecule has 2 atom stereocenters. The van der Waals surface area contributed by atoms with E-state index in [0.29, 0.717) is 0 Å². The molecule has 14 heavy (non-hydrogen) atoms. The number of fused-ring (bicyclic) bond motifs is 1. The van der Waals surface area contributed by atoms with E-state index in [9.17, 15) is 0 Å². The number of aromatic nitrogens is 1. The molecule has 3 rings (SSSR count). The summed E-state index contributed by atoms with van der Waals surface area (Å²) < 4.78 is 10.9. The van der Waals surface area contributed by atoms with Gasteiger partial charge in [-0.25, -0.2) is 0 Å². The van der Waals surface area contributed by atoms with E-state index in [-0.39, 0.29) is 12.4 Å². The van der Waals surface area contributed by atoms with Crippen LogP contribution in [-0.2, 0) is 4.74 Å². The summed E-state index contributed by atoms with van der Waals surface area (Å²) in [4.78, 5) is 3.14. The molecule has 0 aliphatic carbocycles. The van der Waals surface area contributed by atoms with Crippen molar-refractivity contribution in [3.8, 4) is 5.75 Å². The number of nitrogens with one attached hydrogen (secondary N) is 1. The van der Waals surface area contributed by atoms with Crippen LogP contribution in [0, 0.1) is 0 Å². The van der Waals surface area contributed by atoms with Gasteiger partial charge < -0.3 is 14.5 Å². The van der Waals surface area contributed by atoms with Crippen LogP contribution in [0.3, 0.4) is 0 Å². The molecule has 3 heteroatoms. The zero-order chi connectivity index (χ0) is 9.54. The van der Waals surface area contributed by atoms with Gasteiger partial charge in [-0.15, -0.1) is 0 Å². The molecule has 1 aromatic heterocycles. The number of benzene rings is 1. The van der Waals surface area contributed by atoms with Crippen molar-refractivity contribution >= 4 is 10.9 Å². The normalized spacial score (nSPS) is 25.2. The van der Waals surface area contributed by atoms with Crippen molar-refractivity contribution in [1.29, 1.82) is 0 Å². The van der Waals surface area contributed by atoms with Gasteiger partial charge in [0, 0.05) is 17.1 Å². The molecule has 0 bridgehead atoms. The minimum Gasteiger partial charge on any atom is -0.461 e. The number of rotatable bonds is 2. The summed E-state index contributed by atoms with van der Waals surface area (Å²) in [6.45, 7) is 2.00. The van der Waals surface area contributed by atoms with Crippen molar-refractivity contribution in [3.05, 3.63) is 30.5 Å². The van der Waals surface area contributed by atoms with Gasteiger partial charge in [0.2, 0.25) is 6.29 Å². The standard InChI is InChI=1S/C11H11NO2/c1-7-11(13-7)14-10-4-2-3-9-8(10)5-6-12-9/h2-7,11-12H,1H3. The number of epoxide rings is 1. The summed E-state index contributed by atoms with van der Waals surface area (Å²) in [5.41, 5.74) is 1.09. The highest BCUT2D eigenvalue weighted by Crippen LogP contribution is 2.30. The number of ether oxygens (including phenoxy) is 2. The predicted molar refractivity (Wildman–Crippen MR) is 53.3 cm³/mol. The van der Waals surface area contributed by atoms with E-state index >= 15 is 0 Å². The van der Waals surface area contributed by atoms with E-state index in [1.165, 1.54) is 0 Å². The first kappa shape index (κ1) is 7.88. The third-order valence-corrected chi connectivity index (χ3v) is 2.45. The molecule has 2 aromatic rings. The average molecular weight is 189 g/mol. The number of aromatic amines is 1. The van der Waals surface area contributed by atoms with Crippen LogP contribution in [0.5, 0.6) is 5.75 Å². The molecule has 2 unspecified atom stereocenters. The van der Waals surface area contributed by atoms with Gasteiger partial charge in [0.05, 0.1) is 0 Å². The largest absolute Gasteiger partial charge is 0.461 e. The minimum absolute atomic E-state index is 0.0597. The zero-order valence-electron chi connectivity index (χ0n) is 7.86. The van der Waals surface area contributed by atoms with Gasteiger partial charge in [-0.2, -0.15) is 0 Å². The molecule has 2 heterocycles. The summed E-state index contributed by atoms with van der Waals surface area (Å²) >= 11 is 0. The maximum Gasteiger partial charge on any atom is 0.226 e. The Kier molecular flexibility index (Phi) is 1.55. The second-order valence-electron chi connectivity index (χ2n) is 3.52. The Morgan fingerprint density at radius 1 is 1.36 bits per heavy atom. The van der Waals surface area contributed by atoms with Crippen molar-refractivity contribution in [2.75, 3.05) is 0 Å². The topological polar surface area (TPSA) is 37.5 Å². The Morgan fingerprint density at radius 3 is 3.00 bits per heavy atom. The van der Waals surface area contributed by atoms with Gasteiger partial charge in [0.25, 0.3) is 0 Å². The van der Waals surface area contributed by atoms with Crippen molar-refractivity contribution in [2.45, 2.75) is 19.3 Å². The highest BCUT2D eigenvalue weighted by Gasteiger charge is 2.37. The first-order chi connectivity index (χ1) is 6.84. The van der Waals surface area contributed by atoms with Gasteiger partial charge in [0.15, 0.2) is 0 Å². The van der Waals surface area contributed by atoms with E-state index in [4.69, 9.17) is 9.47 Å². The fraction of sp³-hybridized carbons (Fsp3) is 0.273. The molecule has 0 spiro atoms. The van der Waals surface area contributed by atoms with Gasteiger partial charge in [0.1, 0.15) is 11.9 Å². The SMILES string of the molecule is CC1OC1Oc1cccc2[nH]ccc12. The predicted octanol–water partition coefficient (Wildman–Crippen LogP) is 2.29. The third-order valence-electron chi connectivity index (χ3n) is 2.45. The van der Waals surface area contributed by atoms with Crippen molar-refractivity contribution in [2.24, 2.45) is 0 Å². The molecule has 1 N–H and O–H groups in total. The molecular weight excluding hydrogens is 178 g/mol. The fourth-order valence-corrected chi connectivity index (χ4v) is 1.57. The number of hydrogen-bond donors (Lipinski definition) is 1. The first-order valence-corrected chi connectivity index (χ1v) is 4.73. The molecule has 1 aliphatic rings. The van der Waals surface area contributed by atoms with Crippen LogP contribution in [0.1, 0.15) is 6.92 Å². The Morgan fingerprint density at radius 2 is 2.21 bits per heavy atom. The molecule has 0 saturated carbocycles. The number of H-pyrrole nitrogens is 1. The smallest absolute Gasteiger partial charge is 0.226 e. The molecule has 0 amide bonds. The molecule has 1 aromatic carbocycles. The monoisotopic (exact) mass is 189 g/mol. The van der Waals surface area contributed by atoms with Crippen LogP contribution in [-0.4, -0.2) is 17.4 Å². The van der Waals surface area contributed by atoms with Gasteiger partial charge in [-0.3, -0.25) is 0 Å². The molecule has 1 aliphatic heterocycles. The Labute approximate surface area is 81.6 Å². The summed E-state index contributed by atoms with van der Waals surface area (Å²) in [6, 6.07) is 7.98. The van der Waals surface area contributed by atoms with Crippen molar-refractivity contribution in [3.63, 3.8) is 0 Å². The highest BCUT2D eigenvalue weighted by molar-refractivity contribution is 5.85. The number of hydrogen-bond acceptors (Lipinski definition) is 2. The summed E-state index contributed by atoms with van der Waals surface area (Å²) in [6.07, 6.45) is 2.08. The molecule has 1 fully saturated rings. The molecular formula is C11H11NO2. The van der Waals surface area contributed by atoms with Crippen molar-refractivity contribution in [1.82, 2.24) is 4.98 Å². The van der Waals surface area contributed by atoms with E-state index in [0.717, 1.165) is 16.7 Å². The van der Waals surface area contributed by atoms with Gasteiger partial charge in [-0.1, -0.05) is 6.07 Å². The van der Waals surface area contributed by atoms with Crippen LogP contribution in [0.15, 0.2) is 30.5 Å². The Balaban J connectivity index is 1.98. The third kappa shape index (κ3) is 1.17. The molecule has 1 saturated heterocycles. The second-order valence-corrected chi connectivity index (χ2v) is 3.52. The van der Waals surface area contributed by atoms with E-state index in [1.807, 2.05) is 37.4 Å². The lowest BCUT2D eigenvalue weighted by molar-refractivity contribution is 0.180. The van der Waals surface area contributed by atoms with Crippen LogP contribution >= 0.6 is 0 Å². The summed E-state index contributed by atoms with van der Waals surface area (Å²) in [5, 5.41) is 1.11. The van der Waals surface area contributed by atoms with Gasteiger partial charge in [-0.05, 0) is 25.1 Å². The fourth-order valence-electron chi connectivity index (χ4n) is 1.57. The van der Waals surface area contributed by atoms with Crippen LogP contribution in [0.2, 0.25) is 0 Å². The van der Waals surface area contributed by atoms with Crippen LogP contribution in [0.4, 0.5) is 0 Å². The second kappa shape index (κ2) is 2.75. The molecule has 72 valence electrons. The highest BCUT2D eigenvalue weighted by atomic mass is 16.8. The molecule has 3 nitrogen and oxygen atoms in total.